The third-order valence-electron chi connectivity index (χ3n) is 4.91. The van der Waals surface area contributed by atoms with Crippen molar-refractivity contribution >= 4 is 6.09 Å². The van der Waals surface area contributed by atoms with Crippen molar-refractivity contribution < 1.29 is 9.53 Å². The molecule has 1 saturated heterocycles. The van der Waals surface area contributed by atoms with Gasteiger partial charge in [-0.25, -0.2) is 15.6 Å². The highest BCUT2D eigenvalue weighted by atomic mass is 16.6. The fourth-order valence-corrected chi connectivity index (χ4v) is 3.95. The first-order chi connectivity index (χ1) is 6.50. The zero-order chi connectivity index (χ0) is 10.1. The van der Waals surface area contributed by atoms with Gasteiger partial charge in [-0.15, -0.1) is 0 Å². The van der Waals surface area contributed by atoms with Crippen LogP contribution in [0.25, 0.3) is 0 Å². The van der Waals surface area contributed by atoms with Gasteiger partial charge >= 0.3 is 6.09 Å². The monoisotopic (exact) mass is 196 g/mol. The van der Waals surface area contributed by atoms with Crippen LogP contribution in [-0.4, -0.2) is 22.7 Å². The van der Waals surface area contributed by atoms with Gasteiger partial charge in [-0.1, -0.05) is 13.8 Å². The molecule has 2 aliphatic carbocycles. The molecular formula is C10H16N2O2. The summed E-state index contributed by atoms with van der Waals surface area (Å²) >= 11 is 0. The fraction of sp³-hybridized carbons (Fsp3) is 0.900. The zero-order valence-electron chi connectivity index (χ0n) is 8.62. The van der Waals surface area contributed by atoms with E-state index in [2.05, 4.69) is 13.8 Å². The van der Waals surface area contributed by atoms with E-state index in [4.69, 9.17) is 10.6 Å². The summed E-state index contributed by atoms with van der Waals surface area (Å²) in [4.78, 5) is 11.4. The average Bonchev–Trinajstić information content (AvgIpc) is 2.60. The predicted octanol–water partition coefficient (Wildman–Crippen LogP) is 1.26. The van der Waals surface area contributed by atoms with Crippen molar-refractivity contribution in [2.45, 2.75) is 44.8 Å². The molecule has 1 aliphatic heterocycles. The SMILES string of the molecule is CC1(C)[C@@H]2CC[C@]13[C@@H](C2)OC(=O)N3N. The first-order valence-corrected chi connectivity index (χ1v) is 5.26. The van der Waals surface area contributed by atoms with Crippen LogP contribution < -0.4 is 5.84 Å². The molecule has 2 saturated carbocycles. The van der Waals surface area contributed by atoms with Crippen LogP contribution in [0.1, 0.15) is 33.1 Å². The quantitative estimate of drug-likeness (QED) is 0.468. The zero-order valence-corrected chi connectivity index (χ0v) is 8.62. The molecule has 3 aliphatic rings. The second-order valence-corrected chi connectivity index (χ2v) is 5.36. The third kappa shape index (κ3) is 0.601. The van der Waals surface area contributed by atoms with E-state index in [1.54, 1.807) is 0 Å². The van der Waals surface area contributed by atoms with Crippen LogP contribution >= 0.6 is 0 Å². The molecule has 0 aromatic carbocycles. The van der Waals surface area contributed by atoms with Crippen LogP contribution in [0.5, 0.6) is 0 Å². The number of ether oxygens (including phenoxy) is 1. The Morgan fingerprint density at radius 3 is 2.86 bits per heavy atom. The number of rotatable bonds is 0. The summed E-state index contributed by atoms with van der Waals surface area (Å²) in [6, 6.07) is 0. The van der Waals surface area contributed by atoms with Crippen molar-refractivity contribution in [3.8, 4) is 0 Å². The number of amides is 1. The molecule has 14 heavy (non-hydrogen) atoms. The van der Waals surface area contributed by atoms with Crippen molar-refractivity contribution in [2.75, 3.05) is 0 Å². The molecule has 1 spiro atoms. The van der Waals surface area contributed by atoms with Crippen molar-refractivity contribution in [1.82, 2.24) is 5.01 Å². The number of hydrogen-bond donors (Lipinski definition) is 1. The standard InChI is InChI=1S/C10H16N2O2/c1-9(2)6-3-4-10(9)7(5-6)14-8(13)12(10)11/h6-7H,3-5,11H2,1-2H3/t6-,7-,10+/m1/s1. The Labute approximate surface area is 83.4 Å². The Kier molecular flexibility index (Phi) is 1.27. The van der Waals surface area contributed by atoms with E-state index in [0.29, 0.717) is 5.92 Å². The number of hydrogen-bond acceptors (Lipinski definition) is 3. The summed E-state index contributed by atoms with van der Waals surface area (Å²) in [5.41, 5.74) is -0.104. The number of carbonyl (C=O) groups is 1. The van der Waals surface area contributed by atoms with Gasteiger partial charge in [0.1, 0.15) is 11.6 Å². The molecule has 1 amide bonds. The highest BCUT2D eigenvalue weighted by Crippen LogP contribution is 2.64. The van der Waals surface area contributed by atoms with Crippen LogP contribution in [0.2, 0.25) is 0 Å². The van der Waals surface area contributed by atoms with E-state index in [9.17, 15) is 4.79 Å². The highest BCUT2D eigenvalue weighted by Gasteiger charge is 2.72. The molecule has 0 radical (unpaired) electrons. The summed E-state index contributed by atoms with van der Waals surface area (Å²) in [6.45, 7) is 4.43. The lowest BCUT2D eigenvalue weighted by molar-refractivity contribution is 0.0554. The molecule has 0 aromatic heterocycles. The van der Waals surface area contributed by atoms with Crippen LogP contribution in [0, 0.1) is 11.3 Å². The van der Waals surface area contributed by atoms with E-state index < -0.39 is 0 Å². The van der Waals surface area contributed by atoms with E-state index >= 15 is 0 Å². The largest absolute Gasteiger partial charge is 0.443 e. The van der Waals surface area contributed by atoms with Gasteiger partial charge in [0.2, 0.25) is 0 Å². The summed E-state index contributed by atoms with van der Waals surface area (Å²) in [7, 11) is 0. The molecule has 3 fully saturated rings. The van der Waals surface area contributed by atoms with Gasteiger partial charge in [0, 0.05) is 0 Å². The number of hydrazine groups is 1. The fourth-order valence-electron chi connectivity index (χ4n) is 3.95. The van der Waals surface area contributed by atoms with Gasteiger partial charge in [0.25, 0.3) is 0 Å². The molecule has 4 nitrogen and oxygen atoms in total. The second-order valence-electron chi connectivity index (χ2n) is 5.36. The summed E-state index contributed by atoms with van der Waals surface area (Å²) in [6.07, 6.45) is 2.86. The smallest absolute Gasteiger partial charge is 0.425 e. The van der Waals surface area contributed by atoms with Crippen molar-refractivity contribution in [3.63, 3.8) is 0 Å². The maximum Gasteiger partial charge on any atom is 0.425 e. The first kappa shape index (κ1) is 8.53. The van der Waals surface area contributed by atoms with Crippen LogP contribution in [0.3, 0.4) is 0 Å². The lowest BCUT2D eigenvalue weighted by Crippen LogP contribution is -2.58. The minimum Gasteiger partial charge on any atom is -0.443 e. The topological polar surface area (TPSA) is 55.6 Å². The number of fused-ring (bicyclic) bond motifs is 1. The van der Waals surface area contributed by atoms with E-state index in [1.807, 2.05) is 0 Å². The van der Waals surface area contributed by atoms with Crippen molar-refractivity contribution in [3.05, 3.63) is 0 Å². The molecule has 4 heteroatoms. The van der Waals surface area contributed by atoms with Crippen molar-refractivity contribution in [2.24, 2.45) is 17.2 Å². The van der Waals surface area contributed by atoms with Crippen LogP contribution in [0.4, 0.5) is 4.79 Å². The Morgan fingerprint density at radius 2 is 2.29 bits per heavy atom. The average molecular weight is 196 g/mol. The van der Waals surface area contributed by atoms with Crippen molar-refractivity contribution in [1.29, 1.82) is 0 Å². The number of nitrogens with two attached hydrogens (primary N) is 1. The number of nitrogens with zero attached hydrogens (tertiary/aromatic N) is 1. The lowest BCUT2D eigenvalue weighted by Gasteiger charge is -2.39. The van der Waals surface area contributed by atoms with Gasteiger partial charge in [-0.2, -0.15) is 0 Å². The molecule has 2 N–H and O–H groups in total. The first-order valence-electron chi connectivity index (χ1n) is 5.26. The van der Waals surface area contributed by atoms with Gasteiger partial charge in [0.15, 0.2) is 0 Å². The third-order valence-corrected chi connectivity index (χ3v) is 4.91. The van der Waals surface area contributed by atoms with Gasteiger partial charge < -0.3 is 4.74 Å². The summed E-state index contributed by atoms with van der Waals surface area (Å²) in [5, 5.41) is 1.37. The molecule has 78 valence electrons. The Hall–Kier alpha value is -0.770. The molecule has 3 atom stereocenters. The van der Waals surface area contributed by atoms with Crippen LogP contribution in [0.15, 0.2) is 0 Å². The summed E-state index contributed by atoms with van der Waals surface area (Å²) < 4.78 is 5.32. The maximum absolute atomic E-state index is 11.4. The molecule has 0 unspecified atom stereocenters. The molecule has 2 bridgehead atoms. The Bertz CT molecular complexity index is 315. The minimum atomic E-state index is -0.344. The lowest BCUT2D eigenvalue weighted by atomic mass is 9.75. The van der Waals surface area contributed by atoms with E-state index in [1.165, 1.54) is 11.4 Å². The minimum absolute atomic E-state index is 0.0359. The maximum atomic E-state index is 11.4. The van der Waals surface area contributed by atoms with Gasteiger partial charge in [-0.05, 0) is 30.6 Å². The number of carbonyl (C=O) groups excluding carboxylic acids is 1. The van der Waals surface area contributed by atoms with E-state index in [0.717, 1.165) is 12.8 Å². The van der Waals surface area contributed by atoms with E-state index in [-0.39, 0.29) is 23.2 Å². The molecule has 3 rings (SSSR count). The highest BCUT2D eigenvalue weighted by molar-refractivity contribution is 5.72. The molecule has 1 heterocycles. The normalized spacial score (nSPS) is 48.2. The Morgan fingerprint density at radius 1 is 1.57 bits per heavy atom. The Balaban J connectivity index is 2.13. The summed E-state index contributed by atoms with van der Waals surface area (Å²) in [5.74, 6) is 6.53. The second kappa shape index (κ2) is 2.08. The predicted molar refractivity (Wildman–Crippen MR) is 50.1 cm³/mol. The molecular weight excluding hydrogens is 180 g/mol. The van der Waals surface area contributed by atoms with Gasteiger partial charge in [-0.3, -0.25) is 0 Å². The molecule has 0 aromatic rings. The van der Waals surface area contributed by atoms with Crippen LogP contribution in [-0.2, 0) is 4.74 Å². The van der Waals surface area contributed by atoms with Gasteiger partial charge in [0.05, 0.1) is 0 Å².